The molecule has 0 amide bonds. The third kappa shape index (κ3) is 3.10. The Kier molecular flexibility index (Phi) is 4.99. The van der Waals surface area contributed by atoms with Gasteiger partial charge in [-0.1, -0.05) is 26.0 Å². The highest BCUT2D eigenvalue weighted by atomic mass is 16.5. The van der Waals surface area contributed by atoms with Crippen molar-refractivity contribution in [3.8, 4) is 11.5 Å². The summed E-state index contributed by atoms with van der Waals surface area (Å²) in [6, 6.07) is 9.64. The molecule has 0 saturated heterocycles. The molecule has 0 spiro atoms. The second-order valence-electron chi connectivity index (χ2n) is 4.68. The fourth-order valence-electron chi connectivity index (χ4n) is 2.06. The number of hydrogen-bond acceptors (Lipinski definition) is 3. The van der Waals surface area contributed by atoms with E-state index in [0.29, 0.717) is 24.5 Å². The molecule has 0 bridgehead atoms. The summed E-state index contributed by atoms with van der Waals surface area (Å²) in [4.78, 5) is 11.2. The molecule has 0 fully saturated rings. The van der Waals surface area contributed by atoms with Gasteiger partial charge in [0.1, 0.15) is 11.5 Å². The van der Waals surface area contributed by atoms with Crippen molar-refractivity contribution >= 4 is 17.1 Å². The first-order valence-electron chi connectivity index (χ1n) is 7.07. The number of hydrogen-bond donors (Lipinski definition) is 0. The molecule has 0 aromatic heterocycles. The molecule has 2 aromatic carbocycles. The molecule has 106 valence electrons. The number of benzene rings is 2. The Bertz CT molecular complexity index is 590. The van der Waals surface area contributed by atoms with E-state index in [1.165, 1.54) is 0 Å². The molecule has 2 rings (SSSR count). The van der Waals surface area contributed by atoms with E-state index in [9.17, 15) is 4.79 Å². The Morgan fingerprint density at radius 3 is 2.35 bits per heavy atom. The van der Waals surface area contributed by atoms with Crippen LogP contribution in [0.15, 0.2) is 30.3 Å². The van der Waals surface area contributed by atoms with E-state index in [-0.39, 0.29) is 0 Å². The second kappa shape index (κ2) is 6.94. The van der Waals surface area contributed by atoms with E-state index in [4.69, 9.17) is 9.47 Å². The average Bonchev–Trinajstić information content (AvgIpc) is 2.49. The van der Waals surface area contributed by atoms with Crippen LogP contribution in [0.1, 0.15) is 37.0 Å². The van der Waals surface area contributed by atoms with Crippen LogP contribution in [0.2, 0.25) is 0 Å². The van der Waals surface area contributed by atoms with E-state index in [1.807, 2.05) is 37.3 Å². The molecule has 0 radical (unpaired) electrons. The largest absolute Gasteiger partial charge is 0.493 e. The van der Waals surface area contributed by atoms with Crippen LogP contribution < -0.4 is 9.47 Å². The Morgan fingerprint density at radius 1 is 1.00 bits per heavy atom. The molecule has 20 heavy (non-hydrogen) atoms. The van der Waals surface area contributed by atoms with Crippen molar-refractivity contribution in [3.05, 3.63) is 35.9 Å². The Hall–Kier alpha value is -2.03. The minimum atomic E-state index is 0.568. The van der Waals surface area contributed by atoms with Crippen molar-refractivity contribution in [3.63, 3.8) is 0 Å². The van der Waals surface area contributed by atoms with Gasteiger partial charge >= 0.3 is 0 Å². The number of ether oxygens (including phenoxy) is 2. The zero-order chi connectivity index (χ0) is 14.4. The van der Waals surface area contributed by atoms with Crippen LogP contribution in [-0.2, 0) is 0 Å². The summed E-state index contributed by atoms with van der Waals surface area (Å²) in [6.07, 6.45) is 2.70. The van der Waals surface area contributed by atoms with Crippen LogP contribution in [0.3, 0.4) is 0 Å². The molecule has 3 nitrogen and oxygen atoms in total. The first-order valence-corrected chi connectivity index (χ1v) is 7.07. The van der Waals surface area contributed by atoms with Gasteiger partial charge in [-0.15, -0.1) is 0 Å². The smallest absolute Gasteiger partial charge is 0.153 e. The fraction of sp³-hybridized carbons (Fsp3) is 0.353. The number of fused-ring (bicyclic) bond motifs is 1. The van der Waals surface area contributed by atoms with Crippen LogP contribution in [0.4, 0.5) is 0 Å². The van der Waals surface area contributed by atoms with Gasteiger partial charge in [0.25, 0.3) is 0 Å². The van der Waals surface area contributed by atoms with E-state index >= 15 is 0 Å². The number of aldehydes is 1. The molecule has 0 heterocycles. The lowest BCUT2D eigenvalue weighted by Crippen LogP contribution is -2.00. The quantitative estimate of drug-likeness (QED) is 0.707. The monoisotopic (exact) mass is 272 g/mol. The standard InChI is InChI=1S/C17H20O3/c1-3-8-19-16-7-5-6-13-11-17(20-9-4-2)14(12-18)10-15(13)16/h5-7,10-12H,3-4,8-9H2,1-2H3. The van der Waals surface area contributed by atoms with Gasteiger partial charge in [-0.05, 0) is 36.4 Å². The predicted molar refractivity (Wildman–Crippen MR) is 80.9 cm³/mol. The topological polar surface area (TPSA) is 35.5 Å². The summed E-state index contributed by atoms with van der Waals surface area (Å²) in [5, 5.41) is 1.97. The minimum absolute atomic E-state index is 0.568. The summed E-state index contributed by atoms with van der Waals surface area (Å²) < 4.78 is 11.4. The van der Waals surface area contributed by atoms with E-state index in [0.717, 1.165) is 35.6 Å². The Labute approximate surface area is 119 Å². The molecule has 3 heteroatoms. The molecule has 0 aliphatic heterocycles. The van der Waals surface area contributed by atoms with Crippen LogP contribution in [-0.4, -0.2) is 19.5 Å². The highest BCUT2D eigenvalue weighted by molar-refractivity contribution is 5.95. The molecule has 0 N–H and O–H groups in total. The van der Waals surface area contributed by atoms with Gasteiger partial charge in [-0.3, -0.25) is 4.79 Å². The number of rotatable bonds is 7. The molecule has 0 aliphatic rings. The lowest BCUT2D eigenvalue weighted by atomic mass is 10.1. The van der Waals surface area contributed by atoms with Gasteiger partial charge < -0.3 is 9.47 Å². The molecular weight excluding hydrogens is 252 g/mol. The molecule has 0 unspecified atom stereocenters. The molecule has 0 saturated carbocycles. The highest BCUT2D eigenvalue weighted by Crippen LogP contribution is 2.31. The van der Waals surface area contributed by atoms with E-state index in [2.05, 4.69) is 6.92 Å². The normalized spacial score (nSPS) is 10.5. The van der Waals surface area contributed by atoms with Crippen molar-refractivity contribution in [1.82, 2.24) is 0 Å². The molecule has 0 atom stereocenters. The highest BCUT2D eigenvalue weighted by Gasteiger charge is 2.09. The summed E-state index contributed by atoms with van der Waals surface area (Å²) in [5.41, 5.74) is 0.568. The maximum Gasteiger partial charge on any atom is 0.153 e. The average molecular weight is 272 g/mol. The van der Waals surface area contributed by atoms with Crippen LogP contribution in [0, 0.1) is 0 Å². The van der Waals surface area contributed by atoms with Crippen molar-refractivity contribution < 1.29 is 14.3 Å². The first kappa shape index (κ1) is 14.4. The summed E-state index contributed by atoms with van der Waals surface area (Å²) >= 11 is 0. The maximum absolute atomic E-state index is 11.2. The van der Waals surface area contributed by atoms with Gasteiger partial charge in [0.05, 0.1) is 18.8 Å². The Morgan fingerprint density at radius 2 is 1.70 bits per heavy atom. The van der Waals surface area contributed by atoms with Crippen molar-refractivity contribution in [1.29, 1.82) is 0 Å². The fourth-order valence-corrected chi connectivity index (χ4v) is 2.06. The van der Waals surface area contributed by atoms with Gasteiger partial charge in [-0.2, -0.15) is 0 Å². The third-order valence-corrected chi connectivity index (χ3v) is 3.02. The van der Waals surface area contributed by atoms with Gasteiger partial charge in [0.15, 0.2) is 6.29 Å². The molecule has 0 aliphatic carbocycles. The summed E-state index contributed by atoms with van der Waals surface area (Å²) in [7, 11) is 0. The minimum Gasteiger partial charge on any atom is -0.493 e. The van der Waals surface area contributed by atoms with Gasteiger partial charge in [0.2, 0.25) is 0 Å². The van der Waals surface area contributed by atoms with Crippen LogP contribution in [0.25, 0.3) is 10.8 Å². The lowest BCUT2D eigenvalue weighted by Gasteiger charge is -2.12. The SMILES string of the molecule is CCCOc1cc2cccc(OCCC)c2cc1C=O. The van der Waals surface area contributed by atoms with Crippen molar-refractivity contribution in [2.45, 2.75) is 26.7 Å². The zero-order valence-electron chi connectivity index (χ0n) is 12.0. The summed E-state index contributed by atoms with van der Waals surface area (Å²) in [6.45, 7) is 5.39. The van der Waals surface area contributed by atoms with Crippen molar-refractivity contribution in [2.75, 3.05) is 13.2 Å². The molecular formula is C17H20O3. The van der Waals surface area contributed by atoms with Gasteiger partial charge in [-0.25, -0.2) is 0 Å². The van der Waals surface area contributed by atoms with Gasteiger partial charge in [0, 0.05) is 5.39 Å². The molecule has 2 aromatic rings. The predicted octanol–water partition coefficient (Wildman–Crippen LogP) is 4.23. The zero-order valence-corrected chi connectivity index (χ0v) is 12.0. The number of carbonyl (C=O) groups is 1. The number of carbonyl (C=O) groups excluding carboxylic acids is 1. The lowest BCUT2D eigenvalue weighted by molar-refractivity contribution is 0.111. The van der Waals surface area contributed by atoms with Crippen LogP contribution >= 0.6 is 0 Å². The Balaban J connectivity index is 2.46. The van der Waals surface area contributed by atoms with Crippen molar-refractivity contribution in [2.24, 2.45) is 0 Å². The van der Waals surface area contributed by atoms with E-state index < -0.39 is 0 Å². The second-order valence-corrected chi connectivity index (χ2v) is 4.68. The van der Waals surface area contributed by atoms with E-state index in [1.54, 1.807) is 0 Å². The maximum atomic E-state index is 11.2. The van der Waals surface area contributed by atoms with Crippen LogP contribution in [0.5, 0.6) is 11.5 Å². The summed E-state index contributed by atoms with van der Waals surface area (Å²) in [5.74, 6) is 1.46. The third-order valence-electron chi connectivity index (χ3n) is 3.02. The first-order chi connectivity index (χ1) is 9.80.